The third-order valence-corrected chi connectivity index (χ3v) is 4.00. The van der Waals surface area contributed by atoms with Gasteiger partial charge in [0.25, 0.3) is 0 Å². The Balaban J connectivity index is 1.83. The average molecular weight is 327 g/mol. The molecule has 0 bridgehead atoms. The molecule has 104 valence electrons. The van der Waals surface area contributed by atoms with Crippen LogP contribution in [-0.4, -0.2) is 31.7 Å². The van der Waals surface area contributed by atoms with Crippen LogP contribution in [0.2, 0.25) is 0 Å². The fourth-order valence-corrected chi connectivity index (χ4v) is 2.81. The van der Waals surface area contributed by atoms with E-state index in [2.05, 4.69) is 15.9 Å². The van der Waals surface area contributed by atoms with Crippen molar-refractivity contribution >= 4 is 21.7 Å². The fourth-order valence-electron chi connectivity index (χ4n) is 2.41. The van der Waals surface area contributed by atoms with Gasteiger partial charge in [-0.25, -0.2) is 0 Å². The molecule has 0 spiro atoms. The molecule has 2 rings (SSSR count). The first-order valence-corrected chi connectivity index (χ1v) is 7.41. The van der Waals surface area contributed by atoms with E-state index in [0.717, 1.165) is 30.2 Å². The number of halogens is 1. The summed E-state index contributed by atoms with van der Waals surface area (Å²) in [5.74, 6) is 0.0286. The fraction of sp³-hybridized carbons (Fsp3) is 0.533. The molecule has 0 amide bonds. The van der Waals surface area contributed by atoms with Crippen LogP contribution in [0, 0.1) is 0 Å². The molecular weight excluding hydrogens is 308 g/mol. The van der Waals surface area contributed by atoms with Crippen LogP contribution in [0.3, 0.4) is 0 Å². The van der Waals surface area contributed by atoms with E-state index >= 15 is 0 Å². The monoisotopic (exact) mass is 326 g/mol. The molecule has 2 atom stereocenters. The second-order valence-corrected chi connectivity index (χ2v) is 5.81. The number of ether oxygens (including phenoxy) is 2. The molecule has 0 aromatic heterocycles. The number of ketones is 1. The van der Waals surface area contributed by atoms with Crippen molar-refractivity contribution in [2.24, 2.45) is 0 Å². The van der Waals surface area contributed by atoms with Gasteiger partial charge in [0.2, 0.25) is 0 Å². The molecule has 1 aliphatic carbocycles. The molecule has 1 aliphatic rings. The third-order valence-electron chi connectivity index (χ3n) is 3.51. The summed E-state index contributed by atoms with van der Waals surface area (Å²) in [4.78, 5) is 12.0. The van der Waals surface area contributed by atoms with E-state index in [1.165, 1.54) is 0 Å². The van der Waals surface area contributed by atoms with E-state index in [4.69, 9.17) is 9.47 Å². The predicted molar refractivity (Wildman–Crippen MR) is 77.5 cm³/mol. The quantitative estimate of drug-likeness (QED) is 0.775. The van der Waals surface area contributed by atoms with Crippen LogP contribution in [0.4, 0.5) is 0 Å². The number of hydrogen-bond acceptors (Lipinski definition) is 3. The van der Waals surface area contributed by atoms with Crippen LogP contribution in [0.1, 0.15) is 36.0 Å². The Labute approximate surface area is 122 Å². The Morgan fingerprint density at radius 3 is 2.89 bits per heavy atom. The van der Waals surface area contributed by atoms with Crippen molar-refractivity contribution in [3.05, 3.63) is 34.3 Å². The summed E-state index contributed by atoms with van der Waals surface area (Å²) in [5, 5.41) is 0. The van der Waals surface area contributed by atoms with Gasteiger partial charge in [-0.15, -0.1) is 0 Å². The van der Waals surface area contributed by atoms with Crippen molar-refractivity contribution in [1.29, 1.82) is 0 Å². The molecule has 2 unspecified atom stereocenters. The van der Waals surface area contributed by atoms with Crippen LogP contribution in [0.5, 0.6) is 0 Å². The summed E-state index contributed by atoms with van der Waals surface area (Å²) >= 11 is 3.37. The number of carbonyl (C=O) groups excluding carboxylic acids is 1. The molecule has 1 saturated carbocycles. The van der Waals surface area contributed by atoms with Gasteiger partial charge in [-0.3, -0.25) is 4.79 Å². The molecule has 1 aromatic carbocycles. The normalized spacial score (nSPS) is 23.3. The van der Waals surface area contributed by atoms with Gasteiger partial charge in [-0.05, 0) is 37.8 Å². The smallest absolute Gasteiger partial charge is 0.188 e. The maximum absolute atomic E-state index is 12.0. The number of Topliss-reactive ketones (excluding diaryl/α,β-unsaturated/α-hetero) is 1. The van der Waals surface area contributed by atoms with Crippen molar-refractivity contribution in [3.63, 3.8) is 0 Å². The Hall–Kier alpha value is -0.710. The molecule has 3 nitrogen and oxygen atoms in total. The molecule has 0 saturated heterocycles. The summed E-state index contributed by atoms with van der Waals surface area (Å²) in [6.45, 7) is 0.150. The van der Waals surface area contributed by atoms with E-state index in [0.29, 0.717) is 5.56 Å². The van der Waals surface area contributed by atoms with Crippen molar-refractivity contribution in [2.45, 2.75) is 37.9 Å². The summed E-state index contributed by atoms with van der Waals surface area (Å²) in [6.07, 6.45) is 4.53. The molecule has 1 aromatic rings. The molecule has 0 radical (unpaired) electrons. The predicted octanol–water partition coefficient (Wildman–Crippen LogP) is 3.61. The van der Waals surface area contributed by atoms with E-state index in [9.17, 15) is 4.79 Å². The topological polar surface area (TPSA) is 35.5 Å². The number of rotatable bonds is 5. The van der Waals surface area contributed by atoms with Gasteiger partial charge in [0.05, 0.1) is 12.2 Å². The Morgan fingerprint density at radius 2 is 2.16 bits per heavy atom. The number of methoxy groups -OCH3 is 1. The van der Waals surface area contributed by atoms with Crippen molar-refractivity contribution in [2.75, 3.05) is 13.7 Å². The lowest BCUT2D eigenvalue weighted by Gasteiger charge is -2.27. The third kappa shape index (κ3) is 4.41. The second-order valence-electron chi connectivity index (χ2n) is 4.89. The minimum Gasteiger partial charge on any atom is -0.381 e. The van der Waals surface area contributed by atoms with E-state index in [-0.39, 0.29) is 24.6 Å². The molecule has 4 heteroatoms. The summed E-state index contributed by atoms with van der Waals surface area (Å²) < 4.78 is 12.0. The molecular formula is C15H19BrO3. The number of benzene rings is 1. The largest absolute Gasteiger partial charge is 0.381 e. The van der Waals surface area contributed by atoms with Crippen LogP contribution in [0.15, 0.2) is 28.7 Å². The maximum atomic E-state index is 12.0. The summed E-state index contributed by atoms with van der Waals surface area (Å²) in [7, 11) is 1.74. The first-order chi connectivity index (χ1) is 9.19. The van der Waals surface area contributed by atoms with Gasteiger partial charge in [0, 0.05) is 17.1 Å². The lowest BCUT2D eigenvalue weighted by molar-refractivity contribution is -0.0243. The molecule has 0 aliphatic heterocycles. The molecule has 1 fully saturated rings. The van der Waals surface area contributed by atoms with Crippen LogP contribution >= 0.6 is 15.9 Å². The SMILES string of the molecule is COC1CCCC(OCC(=O)c2cccc(Br)c2)C1. The second kappa shape index (κ2) is 7.17. The van der Waals surface area contributed by atoms with Crippen LogP contribution in [-0.2, 0) is 9.47 Å². The Bertz CT molecular complexity index is 433. The zero-order valence-electron chi connectivity index (χ0n) is 11.1. The minimum absolute atomic E-state index is 0.0286. The van der Waals surface area contributed by atoms with Crippen LogP contribution in [0.25, 0.3) is 0 Å². The van der Waals surface area contributed by atoms with Gasteiger partial charge < -0.3 is 9.47 Å². The van der Waals surface area contributed by atoms with E-state index < -0.39 is 0 Å². The molecule has 19 heavy (non-hydrogen) atoms. The van der Waals surface area contributed by atoms with Crippen molar-refractivity contribution in [3.8, 4) is 0 Å². The van der Waals surface area contributed by atoms with Gasteiger partial charge in [-0.1, -0.05) is 28.1 Å². The van der Waals surface area contributed by atoms with Gasteiger partial charge in [-0.2, -0.15) is 0 Å². The first-order valence-electron chi connectivity index (χ1n) is 6.62. The Kier molecular flexibility index (Phi) is 5.55. The van der Waals surface area contributed by atoms with E-state index in [1.807, 2.05) is 24.3 Å². The number of hydrogen-bond donors (Lipinski definition) is 0. The van der Waals surface area contributed by atoms with Crippen molar-refractivity contribution in [1.82, 2.24) is 0 Å². The minimum atomic E-state index is 0.0286. The summed E-state index contributed by atoms with van der Waals surface area (Å²) in [5.41, 5.74) is 0.688. The maximum Gasteiger partial charge on any atom is 0.188 e. The molecule has 0 N–H and O–H groups in total. The highest BCUT2D eigenvalue weighted by Crippen LogP contribution is 2.23. The van der Waals surface area contributed by atoms with Gasteiger partial charge in [0.15, 0.2) is 5.78 Å². The lowest BCUT2D eigenvalue weighted by Crippen LogP contribution is -2.29. The standard InChI is InChI=1S/C15H19BrO3/c1-18-13-6-3-7-14(9-13)19-10-15(17)11-4-2-5-12(16)8-11/h2,4-5,8,13-14H,3,6-7,9-10H2,1H3. The zero-order chi connectivity index (χ0) is 13.7. The zero-order valence-corrected chi connectivity index (χ0v) is 12.7. The molecule has 0 heterocycles. The highest BCUT2D eigenvalue weighted by molar-refractivity contribution is 9.10. The number of carbonyl (C=O) groups is 1. The van der Waals surface area contributed by atoms with Gasteiger partial charge in [0.1, 0.15) is 6.61 Å². The van der Waals surface area contributed by atoms with Crippen LogP contribution < -0.4 is 0 Å². The van der Waals surface area contributed by atoms with Gasteiger partial charge >= 0.3 is 0 Å². The highest BCUT2D eigenvalue weighted by atomic mass is 79.9. The first kappa shape index (κ1) is 14.7. The lowest BCUT2D eigenvalue weighted by atomic mass is 9.95. The Morgan fingerprint density at radius 1 is 1.37 bits per heavy atom. The van der Waals surface area contributed by atoms with Crippen molar-refractivity contribution < 1.29 is 14.3 Å². The highest BCUT2D eigenvalue weighted by Gasteiger charge is 2.23. The average Bonchev–Trinajstić information content (AvgIpc) is 2.45. The summed E-state index contributed by atoms with van der Waals surface area (Å²) in [6, 6.07) is 7.40. The van der Waals surface area contributed by atoms with E-state index in [1.54, 1.807) is 7.11 Å².